The Balaban J connectivity index is 0.000000980. The number of hydrogen-bond acceptors (Lipinski definition) is 5. The Bertz CT molecular complexity index is 294. The van der Waals surface area contributed by atoms with Crippen LogP contribution in [0.15, 0.2) is 12.5 Å². The average Bonchev–Trinajstić information content (AvgIpc) is 2.20. The molecule has 0 unspecified atom stereocenters. The highest BCUT2D eigenvalue weighted by Crippen LogP contribution is 2.21. The zero-order valence-electron chi connectivity index (χ0n) is 8.09. The molecule has 1 aliphatic rings. The molecule has 86 valence electrons. The van der Waals surface area contributed by atoms with E-state index >= 15 is 0 Å². The number of nitrogens with zero attached hydrogens (tertiary/aromatic N) is 3. The van der Waals surface area contributed by atoms with Crippen LogP contribution in [-0.4, -0.2) is 41.3 Å². The molecule has 0 bridgehead atoms. The second-order valence-electron chi connectivity index (χ2n) is 2.97. The fraction of sp³-hybridized carbons (Fsp3) is 0.500. The second kappa shape index (κ2) is 6.66. The highest BCUT2D eigenvalue weighted by atomic mass is 35.5. The summed E-state index contributed by atoms with van der Waals surface area (Å²) >= 11 is 0. The molecule has 0 aromatic carbocycles. The number of nitrogens with one attached hydrogen (secondary N) is 1. The quantitative estimate of drug-likeness (QED) is 0.760. The number of piperazine rings is 1. The van der Waals surface area contributed by atoms with Crippen molar-refractivity contribution in [3.05, 3.63) is 12.5 Å². The standard InChI is InChI=1S/C8H12N4O.2ClH/c13-7-5-10-6-11-8(7)12-3-1-9-2-4-12;;/h5-6,9,13H,1-4H2;2*1H. The summed E-state index contributed by atoms with van der Waals surface area (Å²) in [6, 6.07) is 0. The Morgan fingerprint density at radius 2 is 1.93 bits per heavy atom. The Morgan fingerprint density at radius 1 is 1.27 bits per heavy atom. The van der Waals surface area contributed by atoms with Gasteiger partial charge in [0.25, 0.3) is 0 Å². The first kappa shape index (κ1) is 14.2. The van der Waals surface area contributed by atoms with E-state index in [1.54, 1.807) is 0 Å². The molecule has 0 spiro atoms. The second-order valence-corrected chi connectivity index (χ2v) is 2.97. The van der Waals surface area contributed by atoms with Crippen molar-refractivity contribution < 1.29 is 5.11 Å². The summed E-state index contributed by atoms with van der Waals surface area (Å²) in [4.78, 5) is 9.82. The maximum atomic E-state index is 9.48. The number of halogens is 2. The zero-order valence-corrected chi connectivity index (χ0v) is 9.72. The largest absolute Gasteiger partial charge is 0.503 e. The van der Waals surface area contributed by atoms with Gasteiger partial charge in [-0.15, -0.1) is 24.8 Å². The van der Waals surface area contributed by atoms with Gasteiger partial charge in [-0.2, -0.15) is 0 Å². The van der Waals surface area contributed by atoms with Crippen LogP contribution in [0.4, 0.5) is 5.82 Å². The first-order valence-electron chi connectivity index (χ1n) is 4.32. The molecule has 7 heteroatoms. The SMILES string of the molecule is Cl.Cl.Oc1cncnc1N1CCNCC1. The average molecular weight is 253 g/mol. The van der Waals surface area contributed by atoms with Crippen LogP contribution in [-0.2, 0) is 0 Å². The smallest absolute Gasteiger partial charge is 0.177 e. The molecular formula is C8H14Cl2N4O. The van der Waals surface area contributed by atoms with Gasteiger partial charge in [0.2, 0.25) is 0 Å². The lowest BCUT2D eigenvalue weighted by atomic mass is 10.3. The molecule has 5 nitrogen and oxygen atoms in total. The fourth-order valence-corrected chi connectivity index (χ4v) is 1.44. The topological polar surface area (TPSA) is 61.3 Å². The third-order valence-corrected chi connectivity index (χ3v) is 2.09. The summed E-state index contributed by atoms with van der Waals surface area (Å²) in [6.45, 7) is 3.63. The van der Waals surface area contributed by atoms with Gasteiger partial charge in [0.1, 0.15) is 6.33 Å². The van der Waals surface area contributed by atoms with Gasteiger partial charge in [-0.25, -0.2) is 9.97 Å². The highest BCUT2D eigenvalue weighted by molar-refractivity contribution is 5.85. The summed E-state index contributed by atoms with van der Waals surface area (Å²) < 4.78 is 0. The lowest BCUT2D eigenvalue weighted by molar-refractivity contribution is 0.464. The van der Waals surface area contributed by atoms with Gasteiger partial charge in [-0.3, -0.25) is 0 Å². The van der Waals surface area contributed by atoms with Crippen LogP contribution in [0.5, 0.6) is 5.75 Å². The van der Waals surface area contributed by atoms with E-state index in [1.807, 2.05) is 4.90 Å². The molecule has 2 N–H and O–H groups in total. The van der Waals surface area contributed by atoms with E-state index in [4.69, 9.17) is 0 Å². The summed E-state index contributed by atoms with van der Waals surface area (Å²) in [5.41, 5.74) is 0. The highest BCUT2D eigenvalue weighted by Gasteiger charge is 2.14. The molecule has 1 aliphatic heterocycles. The molecule has 2 rings (SSSR count). The van der Waals surface area contributed by atoms with Crippen LogP contribution in [0, 0.1) is 0 Å². The molecule has 1 aromatic rings. The molecule has 0 atom stereocenters. The lowest BCUT2D eigenvalue weighted by Gasteiger charge is -2.28. The summed E-state index contributed by atoms with van der Waals surface area (Å²) in [5.74, 6) is 0.793. The first-order chi connectivity index (χ1) is 6.38. The van der Waals surface area contributed by atoms with Gasteiger partial charge < -0.3 is 15.3 Å². The summed E-state index contributed by atoms with van der Waals surface area (Å²) in [7, 11) is 0. The van der Waals surface area contributed by atoms with Crippen LogP contribution < -0.4 is 10.2 Å². The van der Waals surface area contributed by atoms with Crippen molar-refractivity contribution in [3.8, 4) is 5.75 Å². The maximum absolute atomic E-state index is 9.48. The summed E-state index contributed by atoms with van der Waals surface area (Å²) in [6.07, 6.45) is 2.88. The molecule has 0 saturated carbocycles. The molecule has 0 aliphatic carbocycles. The van der Waals surface area contributed by atoms with Gasteiger partial charge in [0, 0.05) is 26.2 Å². The van der Waals surface area contributed by atoms with Gasteiger partial charge in [-0.1, -0.05) is 0 Å². The minimum absolute atomic E-state index is 0. The van der Waals surface area contributed by atoms with Crippen molar-refractivity contribution in [3.63, 3.8) is 0 Å². The van der Waals surface area contributed by atoms with Gasteiger partial charge >= 0.3 is 0 Å². The van der Waals surface area contributed by atoms with Gasteiger partial charge in [0.05, 0.1) is 6.20 Å². The van der Waals surface area contributed by atoms with E-state index in [1.165, 1.54) is 12.5 Å². The minimum Gasteiger partial charge on any atom is -0.503 e. The van der Waals surface area contributed by atoms with Crippen LogP contribution in [0.3, 0.4) is 0 Å². The first-order valence-corrected chi connectivity index (χ1v) is 4.32. The van der Waals surface area contributed by atoms with Gasteiger partial charge in [0.15, 0.2) is 11.6 Å². The van der Waals surface area contributed by atoms with Crippen LogP contribution >= 0.6 is 24.8 Å². The lowest BCUT2D eigenvalue weighted by Crippen LogP contribution is -2.43. The fourth-order valence-electron chi connectivity index (χ4n) is 1.44. The van der Waals surface area contributed by atoms with Gasteiger partial charge in [-0.05, 0) is 0 Å². The van der Waals surface area contributed by atoms with Crippen molar-refractivity contribution in [2.75, 3.05) is 31.1 Å². The van der Waals surface area contributed by atoms with E-state index in [0.717, 1.165) is 26.2 Å². The third-order valence-electron chi connectivity index (χ3n) is 2.09. The third kappa shape index (κ3) is 3.37. The zero-order chi connectivity index (χ0) is 9.10. The van der Waals surface area contributed by atoms with Crippen molar-refractivity contribution in [1.82, 2.24) is 15.3 Å². The Labute approximate surface area is 101 Å². The number of anilines is 1. The molecule has 0 radical (unpaired) electrons. The minimum atomic E-state index is 0. The normalized spacial score (nSPS) is 15.1. The maximum Gasteiger partial charge on any atom is 0.177 e. The van der Waals surface area contributed by atoms with E-state index < -0.39 is 0 Å². The molecule has 2 heterocycles. The van der Waals surface area contributed by atoms with E-state index in [0.29, 0.717) is 5.82 Å². The number of rotatable bonds is 1. The predicted molar refractivity (Wildman–Crippen MR) is 63.3 cm³/mol. The van der Waals surface area contributed by atoms with Crippen LogP contribution in [0.25, 0.3) is 0 Å². The van der Waals surface area contributed by atoms with Crippen LogP contribution in [0.1, 0.15) is 0 Å². The number of aromatic hydroxyl groups is 1. The molecule has 1 saturated heterocycles. The van der Waals surface area contributed by atoms with E-state index in [2.05, 4.69) is 15.3 Å². The molecule has 1 aromatic heterocycles. The molecule has 1 fully saturated rings. The van der Waals surface area contributed by atoms with Crippen molar-refractivity contribution in [2.24, 2.45) is 0 Å². The van der Waals surface area contributed by atoms with Crippen molar-refractivity contribution >= 4 is 30.6 Å². The summed E-state index contributed by atoms with van der Waals surface area (Å²) in [5, 5.41) is 12.7. The van der Waals surface area contributed by atoms with Crippen molar-refractivity contribution in [2.45, 2.75) is 0 Å². The predicted octanol–water partition coefficient (Wildman–Crippen LogP) is 0.435. The number of aromatic nitrogens is 2. The number of hydrogen-bond donors (Lipinski definition) is 2. The molecule has 15 heavy (non-hydrogen) atoms. The molecule has 0 amide bonds. The Kier molecular flexibility index (Phi) is 6.31. The monoisotopic (exact) mass is 252 g/mol. The van der Waals surface area contributed by atoms with E-state index in [-0.39, 0.29) is 30.6 Å². The van der Waals surface area contributed by atoms with Crippen molar-refractivity contribution in [1.29, 1.82) is 0 Å². The Hall–Kier alpha value is -0.780. The van der Waals surface area contributed by atoms with Crippen LogP contribution in [0.2, 0.25) is 0 Å². The molecular weight excluding hydrogens is 239 g/mol. The van der Waals surface area contributed by atoms with E-state index in [9.17, 15) is 5.11 Å². The Morgan fingerprint density at radius 3 is 2.53 bits per heavy atom.